The number of carbonyl (C=O) groups is 2. The fourth-order valence-electron chi connectivity index (χ4n) is 1.99. The van der Waals surface area contributed by atoms with Crippen molar-refractivity contribution in [2.75, 3.05) is 45.8 Å². The molecule has 7 heteroatoms. The first-order valence-corrected chi connectivity index (χ1v) is 6.58. The molecule has 114 valence electrons. The Morgan fingerprint density at radius 2 is 2.05 bits per heavy atom. The molecule has 0 atom stereocenters. The van der Waals surface area contributed by atoms with Gasteiger partial charge in [0.15, 0.2) is 6.61 Å². The number of nitrogen functional groups attached to an aromatic ring is 1. The van der Waals surface area contributed by atoms with E-state index in [0.29, 0.717) is 32.0 Å². The Morgan fingerprint density at radius 1 is 1.33 bits per heavy atom. The van der Waals surface area contributed by atoms with Crippen molar-refractivity contribution < 1.29 is 23.8 Å². The highest BCUT2D eigenvalue weighted by Crippen LogP contribution is 2.22. The van der Waals surface area contributed by atoms with Crippen molar-refractivity contribution in [2.24, 2.45) is 0 Å². The van der Waals surface area contributed by atoms with Crippen LogP contribution in [0, 0.1) is 0 Å². The van der Waals surface area contributed by atoms with Crippen LogP contribution in [0.1, 0.15) is 10.4 Å². The fraction of sp³-hybridized carbons (Fsp3) is 0.429. The standard InChI is InChI=1S/C14H18N2O5/c1-19-14(18)11-8-10(15)2-3-12(11)21-9-13(17)16-4-6-20-7-5-16/h2-3,8H,4-7,9,15H2,1H3. The van der Waals surface area contributed by atoms with E-state index in [1.807, 2.05) is 0 Å². The number of esters is 1. The number of hydrogen-bond acceptors (Lipinski definition) is 6. The summed E-state index contributed by atoms with van der Waals surface area (Å²) in [6.07, 6.45) is 0. The molecule has 7 nitrogen and oxygen atoms in total. The number of nitrogens with two attached hydrogens (primary N) is 1. The van der Waals surface area contributed by atoms with E-state index >= 15 is 0 Å². The zero-order valence-electron chi connectivity index (χ0n) is 11.8. The third-order valence-corrected chi connectivity index (χ3v) is 3.12. The predicted molar refractivity (Wildman–Crippen MR) is 75.1 cm³/mol. The summed E-state index contributed by atoms with van der Waals surface area (Å²) in [6.45, 7) is 2.01. The minimum Gasteiger partial charge on any atom is -0.483 e. The lowest BCUT2D eigenvalue weighted by molar-refractivity contribution is -0.137. The Labute approximate surface area is 122 Å². The molecular weight excluding hydrogens is 276 g/mol. The molecule has 1 aromatic rings. The number of rotatable bonds is 4. The second-order valence-corrected chi connectivity index (χ2v) is 4.53. The summed E-state index contributed by atoms with van der Waals surface area (Å²) < 4.78 is 15.3. The van der Waals surface area contributed by atoms with Crippen LogP contribution < -0.4 is 10.5 Å². The molecule has 0 unspecified atom stereocenters. The first-order valence-electron chi connectivity index (χ1n) is 6.58. The van der Waals surface area contributed by atoms with Crippen LogP contribution >= 0.6 is 0 Å². The SMILES string of the molecule is COC(=O)c1cc(N)ccc1OCC(=O)N1CCOCC1. The number of carbonyl (C=O) groups excluding carboxylic acids is 2. The summed E-state index contributed by atoms with van der Waals surface area (Å²) in [5, 5.41) is 0. The van der Waals surface area contributed by atoms with E-state index in [4.69, 9.17) is 15.2 Å². The first-order chi connectivity index (χ1) is 10.1. The predicted octanol–water partition coefficient (Wildman–Crippen LogP) is 0.293. The van der Waals surface area contributed by atoms with Crippen LogP contribution in [0.5, 0.6) is 5.75 Å². The van der Waals surface area contributed by atoms with Crippen molar-refractivity contribution in [3.8, 4) is 5.75 Å². The zero-order valence-corrected chi connectivity index (χ0v) is 11.8. The molecule has 2 N–H and O–H groups in total. The Morgan fingerprint density at radius 3 is 2.71 bits per heavy atom. The molecule has 0 aromatic heterocycles. The second kappa shape index (κ2) is 6.94. The van der Waals surface area contributed by atoms with Gasteiger partial charge in [-0.25, -0.2) is 4.79 Å². The second-order valence-electron chi connectivity index (χ2n) is 4.53. The topological polar surface area (TPSA) is 91.1 Å². The van der Waals surface area contributed by atoms with Gasteiger partial charge in [0.1, 0.15) is 11.3 Å². The lowest BCUT2D eigenvalue weighted by Crippen LogP contribution is -2.43. The summed E-state index contributed by atoms with van der Waals surface area (Å²) in [6, 6.07) is 4.61. The van der Waals surface area contributed by atoms with Gasteiger partial charge >= 0.3 is 5.97 Å². The van der Waals surface area contributed by atoms with E-state index in [2.05, 4.69) is 4.74 Å². The van der Waals surface area contributed by atoms with Gasteiger partial charge in [-0.05, 0) is 18.2 Å². The maximum Gasteiger partial charge on any atom is 0.341 e. The lowest BCUT2D eigenvalue weighted by atomic mass is 10.2. The molecule has 0 radical (unpaired) electrons. The quantitative estimate of drug-likeness (QED) is 0.634. The smallest absolute Gasteiger partial charge is 0.341 e. The number of nitrogens with zero attached hydrogens (tertiary/aromatic N) is 1. The molecule has 1 saturated heterocycles. The van der Waals surface area contributed by atoms with Crippen molar-refractivity contribution in [3.05, 3.63) is 23.8 Å². The number of morpholine rings is 1. The van der Waals surface area contributed by atoms with Crippen molar-refractivity contribution in [3.63, 3.8) is 0 Å². The van der Waals surface area contributed by atoms with E-state index in [0.717, 1.165) is 0 Å². The number of amides is 1. The maximum absolute atomic E-state index is 12.0. The minimum absolute atomic E-state index is 0.145. The highest BCUT2D eigenvalue weighted by atomic mass is 16.5. The van der Waals surface area contributed by atoms with Crippen LogP contribution in [0.2, 0.25) is 0 Å². The Bertz CT molecular complexity index is 526. The van der Waals surface area contributed by atoms with E-state index in [1.54, 1.807) is 17.0 Å². The number of methoxy groups -OCH3 is 1. The number of anilines is 1. The molecular formula is C14H18N2O5. The molecule has 0 bridgehead atoms. The molecule has 1 aliphatic rings. The molecule has 21 heavy (non-hydrogen) atoms. The van der Waals surface area contributed by atoms with Crippen molar-refractivity contribution in [2.45, 2.75) is 0 Å². The monoisotopic (exact) mass is 294 g/mol. The summed E-state index contributed by atoms with van der Waals surface area (Å²) in [4.78, 5) is 25.3. The largest absolute Gasteiger partial charge is 0.483 e. The first kappa shape index (κ1) is 15.1. The molecule has 1 fully saturated rings. The molecule has 1 amide bonds. The van der Waals surface area contributed by atoms with Gasteiger partial charge < -0.3 is 24.8 Å². The van der Waals surface area contributed by atoms with Gasteiger partial charge in [-0.3, -0.25) is 4.79 Å². The summed E-state index contributed by atoms with van der Waals surface area (Å²) in [5.41, 5.74) is 6.26. The van der Waals surface area contributed by atoms with Gasteiger partial charge in [0.05, 0.1) is 20.3 Å². The van der Waals surface area contributed by atoms with Gasteiger partial charge in [-0.15, -0.1) is 0 Å². The number of hydrogen-bond donors (Lipinski definition) is 1. The van der Waals surface area contributed by atoms with Crippen LogP contribution in [0.4, 0.5) is 5.69 Å². The van der Waals surface area contributed by atoms with E-state index < -0.39 is 5.97 Å². The Kier molecular flexibility index (Phi) is 4.99. The zero-order chi connectivity index (χ0) is 15.2. The Balaban J connectivity index is 2.02. The summed E-state index contributed by atoms with van der Waals surface area (Å²) in [5.74, 6) is -0.431. The minimum atomic E-state index is -0.559. The third kappa shape index (κ3) is 3.85. The lowest BCUT2D eigenvalue weighted by Gasteiger charge is -2.26. The summed E-state index contributed by atoms with van der Waals surface area (Å²) in [7, 11) is 1.27. The van der Waals surface area contributed by atoms with Crippen molar-refractivity contribution in [1.82, 2.24) is 4.90 Å². The molecule has 1 heterocycles. The fourth-order valence-corrected chi connectivity index (χ4v) is 1.99. The van der Waals surface area contributed by atoms with Gasteiger partial charge in [-0.1, -0.05) is 0 Å². The third-order valence-electron chi connectivity index (χ3n) is 3.12. The van der Waals surface area contributed by atoms with E-state index in [1.165, 1.54) is 13.2 Å². The van der Waals surface area contributed by atoms with Crippen LogP contribution in [-0.4, -0.2) is 56.8 Å². The van der Waals surface area contributed by atoms with Crippen LogP contribution in [0.3, 0.4) is 0 Å². The van der Waals surface area contributed by atoms with Gasteiger partial charge in [-0.2, -0.15) is 0 Å². The number of benzene rings is 1. The molecule has 0 aliphatic carbocycles. The molecule has 1 aliphatic heterocycles. The molecule has 0 saturated carbocycles. The maximum atomic E-state index is 12.0. The number of ether oxygens (including phenoxy) is 3. The Hall–Kier alpha value is -2.28. The van der Waals surface area contributed by atoms with Crippen LogP contribution in [0.25, 0.3) is 0 Å². The van der Waals surface area contributed by atoms with Crippen LogP contribution in [0.15, 0.2) is 18.2 Å². The summed E-state index contributed by atoms with van der Waals surface area (Å²) >= 11 is 0. The van der Waals surface area contributed by atoms with Crippen LogP contribution in [-0.2, 0) is 14.3 Å². The van der Waals surface area contributed by atoms with E-state index in [9.17, 15) is 9.59 Å². The van der Waals surface area contributed by atoms with Gasteiger partial charge in [0.25, 0.3) is 5.91 Å². The van der Waals surface area contributed by atoms with Crippen molar-refractivity contribution >= 4 is 17.6 Å². The van der Waals surface area contributed by atoms with Gasteiger partial charge in [0.2, 0.25) is 0 Å². The highest BCUT2D eigenvalue weighted by molar-refractivity contribution is 5.93. The molecule has 0 spiro atoms. The molecule has 1 aromatic carbocycles. The average Bonchev–Trinajstić information content (AvgIpc) is 2.53. The van der Waals surface area contributed by atoms with Gasteiger partial charge in [0, 0.05) is 18.8 Å². The van der Waals surface area contributed by atoms with Crippen molar-refractivity contribution in [1.29, 1.82) is 0 Å². The molecule has 2 rings (SSSR count). The average molecular weight is 294 g/mol. The van der Waals surface area contributed by atoms with E-state index in [-0.39, 0.29) is 23.8 Å². The normalized spacial score (nSPS) is 14.6. The highest BCUT2D eigenvalue weighted by Gasteiger charge is 2.19.